The molecule has 0 saturated carbocycles. The second-order valence-corrected chi connectivity index (χ2v) is 2.65. The van der Waals surface area contributed by atoms with Crippen molar-refractivity contribution in [1.82, 2.24) is 4.98 Å². The van der Waals surface area contributed by atoms with E-state index in [4.69, 9.17) is 11.6 Å². The molecular weight excluding hydrogens is 165 g/mol. The number of hydrogen-bond donors (Lipinski definition) is 0. The van der Waals surface area contributed by atoms with Crippen LogP contribution in [-0.2, 0) is 0 Å². The van der Waals surface area contributed by atoms with Crippen LogP contribution in [0.1, 0.15) is 12.5 Å². The number of aromatic nitrogens is 1. The van der Waals surface area contributed by atoms with Gasteiger partial charge in [0.05, 0.1) is 6.20 Å². The fraction of sp³-hybridized carbons (Fsp3) is 0.125. The van der Waals surface area contributed by atoms with Crippen LogP contribution in [0.2, 0.25) is 5.15 Å². The zero-order chi connectivity index (χ0) is 8.43. The molecule has 0 atom stereocenters. The third kappa shape index (κ3) is 1.77. The van der Waals surface area contributed by atoms with E-state index in [1.54, 1.807) is 6.92 Å². The van der Waals surface area contributed by atoms with E-state index in [1.807, 2.05) is 0 Å². The monoisotopic (exact) mass is 171 g/mol. The molecular formula is C8H7ClFN. The zero-order valence-electron chi connectivity index (χ0n) is 6.06. The maximum Gasteiger partial charge on any atom is 0.149 e. The van der Waals surface area contributed by atoms with Crippen LogP contribution in [0, 0.1) is 5.82 Å². The summed E-state index contributed by atoms with van der Waals surface area (Å²) in [7, 11) is 0. The Labute approximate surface area is 69.5 Å². The van der Waals surface area contributed by atoms with E-state index in [0.717, 1.165) is 6.20 Å². The Bertz CT molecular complexity index is 296. The lowest BCUT2D eigenvalue weighted by molar-refractivity contribution is 0.617. The summed E-state index contributed by atoms with van der Waals surface area (Å²) < 4.78 is 12.8. The Kier molecular flexibility index (Phi) is 2.25. The Morgan fingerprint density at radius 3 is 2.82 bits per heavy atom. The van der Waals surface area contributed by atoms with Gasteiger partial charge in [0.2, 0.25) is 0 Å². The summed E-state index contributed by atoms with van der Waals surface area (Å²) >= 11 is 5.54. The summed E-state index contributed by atoms with van der Waals surface area (Å²) in [6.07, 6.45) is 1.09. The van der Waals surface area contributed by atoms with E-state index < -0.39 is 0 Å². The normalized spacial score (nSPS) is 9.73. The van der Waals surface area contributed by atoms with Gasteiger partial charge in [0.15, 0.2) is 0 Å². The van der Waals surface area contributed by atoms with Gasteiger partial charge in [-0.05, 0) is 18.6 Å². The summed E-state index contributed by atoms with van der Waals surface area (Å²) in [4.78, 5) is 3.57. The van der Waals surface area contributed by atoms with Crippen molar-refractivity contribution in [3.8, 4) is 0 Å². The molecule has 0 aliphatic carbocycles. The fourth-order valence-electron chi connectivity index (χ4n) is 0.740. The molecule has 0 bridgehead atoms. The smallest absolute Gasteiger partial charge is 0.149 e. The Morgan fingerprint density at radius 1 is 1.73 bits per heavy atom. The highest BCUT2D eigenvalue weighted by atomic mass is 35.5. The lowest BCUT2D eigenvalue weighted by Crippen LogP contribution is -1.87. The van der Waals surface area contributed by atoms with Gasteiger partial charge in [-0.25, -0.2) is 9.37 Å². The SMILES string of the molecule is C=C(C)c1cc(Cl)ncc1F. The molecule has 11 heavy (non-hydrogen) atoms. The van der Waals surface area contributed by atoms with E-state index in [-0.39, 0.29) is 11.0 Å². The van der Waals surface area contributed by atoms with E-state index in [0.29, 0.717) is 11.1 Å². The number of halogens is 2. The quantitative estimate of drug-likeness (QED) is 0.592. The topological polar surface area (TPSA) is 12.9 Å². The Balaban J connectivity index is 3.23. The van der Waals surface area contributed by atoms with Gasteiger partial charge in [-0.3, -0.25) is 0 Å². The average molecular weight is 172 g/mol. The Hall–Kier alpha value is -0.890. The average Bonchev–Trinajstić information content (AvgIpc) is 1.94. The molecule has 0 aliphatic heterocycles. The molecule has 0 saturated heterocycles. The van der Waals surface area contributed by atoms with Crippen LogP contribution in [0.4, 0.5) is 4.39 Å². The van der Waals surface area contributed by atoms with E-state index >= 15 is 0 Å². The number of hydrogen-bond acceptors (Lipinski definition) is 1. The molecule has 1 rings (SSSR count). The van der Waals surface area contributed by atoms with Crippen LogP contribution in [0.15, 0.2) is 18.8 Å². The fourth-order valence-corrected chi connectivity index (χ4v) is 0.898. The van der Waals surface area contributed by atoms with Crippen LogP contribution in [0.25, 0.3) is 5.57 Å². The molecule has 1 heterocycles. The lowest BCUT2D eigenvalue weighted by Gasteiger charge is -2.00. The largest absolute Gasteiger partial charge is 0.241 e. The van der Waals surface area contributed by atoms with E-state index in [2.05, 4.69) is 11.6 Å². The van der Waals surface area contributed by atoms with Gasteiger partial charge in [0.25, 0.3) is 0 Å². The van der Waals surface area contributed by atoms with Gasteiger partial charge in [0, 0.05) is 5.56 Å². The summed E-state index contributed by atoms with van der Waals surface area (Å²) in [6, 6.07) is 1.46. The molecule has 0 aromatic carbocycles. The highest BCUT2D eigenvalue weighted by Gasteiger charge is 2.03. The van der Waals surface area contributed by atoms with Gasteiger partial charge in [-0.1, -0.05) is 18.2 Å². The maximum absolute atomic E-state index is 12.8. The van der Waals surface area contributed by atoms with Crippen molar-refractivity contribution in [2.75, 3.05) is 0 Å². The standard InChI is InChI=1S/C8H7ClFN/c1-5(2)6-3-8(9)11-4-7(6)10/h3-4H,1H2,2H3. The molecule has 0 fully saturated rings. The van der Waals surface area contributed by atoms with Crippen LogP contribution < -0.4 is 0 Å². The second kappa shape index (κ2) is 3.01. The summed E-state index contributed by atoms with van der Waals surface area (Å²) in [6.45, 7) is 5.32. The third-order valence-corrected chi connectivity index (χ3v) is 1.49. The number of pyridine rings is 1. The summed E-state index contributed by atoms with van der Waals surface area (Å²) in [5.74, 6) is -0.387. The van der Waals surface area contributed by atoms with Gasteiger partial charge < -0.3 is 0 Å². The maximum atomic E-state index is 12.8. The van der Waals surface area contributed by atoms with E-state index in [9.17, 15) is 4.39 Å². The molecule has 0 unspecified atom stereocenters. The highest BCUT2D eigenvalue weighted by Crippen LogP contribution is 2.17. The minimum absolute atomic E-state index is 0.282. The van der Waals surface area contributed by atoms with Crippen LogP contribution in [0.3, 0.4) is 0 Å². The van der Waals surface area contributed by atoms with E-state index in [1.165, 1.54) is 6.07 Å². The van der Waals surface area contributed by atoms with Crippen molar-refractivity contribution in [2.24, 2.45) is 0 Å². The van der Waals surface area contributed by atoms with Crippen molar-refractivity contribution < 1.29 is 4.39 Å². The molecule has 0 spiro atoms. The van der Waals surface area contributed by atoms with Gasteiger partial charge >= 0.3 is 0 Å². The second-order valence-electron chi connectivity index (χ2n) is 2.27. The molecule has 1 aromatic rings. The third-order valence-electron chi connectivity index (χ3n) is 1.28. The first-order valence-electron chi connectivity index (χ1n) is 3.08. The van der Waals surface area contributed by atoms with Crippen molar-refractivity contribution in [3.05, 3.63) is 35.4 Å². The minimum Gasteiger partial charge on any atom is -0.241 e. The van der Waals surface area contributed by atoms with Gasteiger partial charge in [-0.2, -0.15) is 0 Å². The summed E-state index contributed by atoms with van der Waals surface area (Å²) in [5.41, 5.74) is 1.07. The van der Waals surface area contributed by atoms with Gasteiger partial charge in [-0.15, -0.1) is 0 Å². The molecule has 1 nitrogen and oxygen atoms in total. The first-order chi connectivity index (χ1) is 5.11. The molecule has 0 radical (unpaired) electrons. The predicted molar refractivity (Wildman–Crippen MR) is 43.9 cm³/mol. The van der Waals surface area contributed by atoms with Crippen molar-refractivity contribution in [3.63, 3.8) is 0 Å². The molecule has 0 N–H and O–H groups in total. The zero-order valence-corrected chi connectivity index (χ0v) is 6.82. The van der Waals surface area contributed by atoms with Crippen LogP contribution in [0.5, 0.6) is 0 Å². The predicted octanol–water partition coefficient (Wildman–Crippen LogP) is 2.91. The Morgan fingerprint density at radius 2 is 2.36 bits per heavy atom. The summed E-state index contributed by atoms with van der Waals surface area (Å²) in [5, 5.41) is 0.282. The first kappa shape index (κ1) is 8.21. The first-order valence-corrected chi connectivity index (χ1v) is 3.46. The van der Waals surface area contributed by atoms with Gasteiger partial charge in [0.1, 0.15) is 11.0 Å². The lowest BCUT2D eigenvalue weighted by atomic mass is 10.1. The molecule has 0 amide bonds. The van der Waals surface area contributed by atoms with Crippen LogP contribution >= 0.6 is 11.6 Å². The van der Waals surface area contributed by atoms with Crippen molar-refractivity contribution in [2.45, 2.75) is 6.92 Å². The van der Waals surface area contributed by atoms with Crippen molar-refractivity contribution >= 4 is 17.2 Å². The molecule has 58 valence electrons. The van der Waals surface area contributed by atoms with Crippen LogP contribution in [-0.4, -0.2) is 4.98 Å². The number of nitrogens with zero attached hydrogens (tertiary/aromatic N) is 1. The van der Waals surface area contributed by atoms with Crippen molar-refractivity contribution in [1.29, 1.82) is 0 Å². The molecule has 1 aromatic heterocycles. The minimum atomic E-state index is -0.387. The number of allylic oxidation sites excluding steroid dienone is 1. The molecule has 3 heteroatoms. The number of rotatable bonds is 1. The molecule has 0 aliphatic rings. The highest BCUT2D eigenvalue weighted by molar-refractivity contribution is 6.29.